The van der Waals surface area contributed by atoms with E-state index in [2.05, 4.69) is 10.4 Å². The van der Waals surface area contributed by atoms with Gasteiger partial charge in [-0.3, -0.25) is 9.59 Å². The van der Waals surface area contributed by atoms with Gasteiger partial charge >= 0.3 is 0 Å². The lowest BCUT2D eigenvalue weighted by atomic mass is 9.95. The molecule has 0 spiro atoms. The van der Waals surface area contributed by atoms with Gasteiger partial charge in [-0.25, -0.2) is 4.68 Å². The lowest BCUT2D eigenvalue weighted by Gasteiger charge is -2.23. The average molecular weight is 370 g/mol. The third-order valence-corrected chi connectivity index (χ3v) is 4.73. The molecule has 0 radical (unpaired) electrons. The first-order valence-corrected chi connectivity index (χ1v) is 9.60. The van der Waals surface area contributed by atoms with Crippen LogP contribution in [-0.4, -0.2) is 22.7 Å². The van der Waals surface area contributed by atoms with Crippen LogP contribution in [0.5, 0.6) is 0 Å². The highest BCUT2D eigenvalue weighted by atomic mass is 16.1. The summed E-state index contributed by atoms with van der Waals surface area (Å²) in [5, 5.41) is 7.18. The Labute approximate surface area is 162 Å². The molecule has 1 saturated carbocycles. The van der Waals surface area contributed by atoms with Gasteiger partial charge in [0.2, 0.25) is 0 Å². The van der Waals surface area contributed by atoms with Gasteiger partial charge in [-0.1, -0.05) is 43.5 Å². The van der Waals surface area contributed by atoms with E-state index in [0.717, 1.165) is 36.9 Å². The number of hydrogen-bond acceptors (Lipinski definition) is 3. The van der Waals surface area contributed by atoms with Gasteiger partial charge in [-0.05, 0) is 44.9 Å². The van der Waals surface area contributed by atoms with Crippen molar-refractivity contribution in [1.82, 2.24) is 15.1 Å². The fourth-order valence-electron chi connectivity index (χ4n) is 3.13. The molecule has 1 aliphatic carbocycles. The molecule has 0 saturated heterocycles. The summed E-state index contributed by atoms with van der Waals surface area (Å²) in [6.07, 6.45) is 9.55. The topological polar surface area (TPSA) is 64.0 Å². The van der Waals surface area contributed by atoms with Gasteiger partial charge in [-0.2, -0.15) is 5.10 Å². The van der Waals surface area contributed by atoms with E-state index in [-0.39, 0.29) is 18.9 Å². The van der Waals surface area contributed by atoms with Gasteiger partial charge in [0.15, 0.2) is 0 Å². The molecule has 2 aromatic rings. The van der Waals surface area contributed by atoms with Crippen molar-refractivity contribution in [3.63, 3.8) is 0 Å². The molecule has 0 unspecified atom stereocenters. The Morgan fingerprint density at radius 2 is 1.85 bits per heavy atom. The molecular formula is C22H31N3O2. The number of amides is 1. The molecule has 0 bridgehead atoms. The van der Waals surface area contributed by atoms with E-state index >= 15 is 0 Å². The third-order valence-electron chi connectivity index (χ3n) is 4.73. The molecule has 1 N–H and O–H groups in total. The monoisotopic (exact) mass is 369 g/mol. The minimum atomic E-state index is -0.132. The third kappa shape index (κ3) is 5.64. The molecule has 1 aromatic carbocycles. The first-order valence-electron chi connectivity index (χ1n) is 9.60. The molecule has 0 aliphatic heterocycles. The molecule has 27 heavy (non-hydrogen) atoms. The van der Waals surface area contributed by atoms with Crippen LogP contribution in [0.1, 0.15) is 63.8 Å². The van der Waals surface area contributed by atoms with E-state index < -0.39 is 0 Å². The Hall–Kier alpha value is -2.69. The van der Waals surface area contributed by atoms with Gasteiger partial charge in [0.05, 0.1) is 11.7 Å². The first-order chi connectivity index (χ1) is 13.1. The van der Waals surface area contributed by atoms with Crippen LogP contribution in [0.15, 0.2) is 53.3 Å². The molecule has 1 amide bonds. The average Bonchev–Trinajstić information content (AvgIpc) is 2.74. The van der Waals surface area contributed by atoms with Gasteiger partial charge in [0.25, 0.3) is 11.5 Å². The van der Waals surface area contributed by atoms with Crippen LogP contribution >= 0.6 is 0 Å². The van der Waals surface area contributed by atoms with Gasteiger partial charge < -0.3 is 5.32 Å². The van der Waals surface area contributed by atoms with E-state index in [0.29, 0.717) is 5.56 Å². The number of rotatable bonds is 3. The van der Waals surface area contributed by atoms with E-state index in [1.807, 2.05) is 38.1 Å². The maximum atomic E-state index is 12.2. The molecule has 1 aromatic heterocycles. The number of hydrogen-bond donors (Lipinski definition) is 1. The maximum Gasteiger partial charge on any atom is 0.267 e. The van der Waals surface area contributed by atoms with Gasteiger partial charge in [0, 0.05) is 25.7 Å². The Bertz CT molecular complexity index is 836. The van der Waals surface area contributed by atoms with Crippen LogP contribution < -0.4 is 10.9 Å². The highest BCUT2D eigenvalue weighted by Crippen LogP contribution is 2.27. The zero-order valence-corrected chi connectivity index (χ0v) is 16.4. The lowest BCUT2D eigenvalue weighted by molar-refractivity contribution is 0.0963. The number of benzene rings is 1. The Kier molecular flexibility index (Phi) is 7.99. The summed E-state index contributed by atoms with van der Waals surface area (Å²) < 4.78 is 1.63. The van der Waals surface area contributed by atoms with Crippen molar-refractivity contribution in [2.24, 2.45) is 0 Å². The van der Waals surface area contributed by atoms with Crippen LogP contribution in [0.25, 0.3) is 11.3 Å². The largest absolute Gasteiger partial charge is 0.355 e. The van der Waals surface area contributed by atoms with Crippen LogP contribution in [0.4, 0.5) is 0 Å². The van der Waals surface area contributed by atoms with Crippen LogP contribution in [0.2, 0.25) is 0 Å². The molecular weight excluding hydrogens is 338 g/mol. The summed E-state index contributed by atoms with van der Waals surface area (Å²) in [5.74, 6) is -0.132. The van der Waals surface area contributed by atoms with Crippen molar-refractivity contribution in [3.8, 4) is 11.3 Å². The lowest BCUT2D eigenvalue weighted by Crippen LogP contribution is -2.28. The normalized spacial score (nSPS) is 14.5. The SMILES string of the molecule is C/C=C/C.CNC(=O)c1cccc(-c2ccc(=O)n(C3CCCCC3)n2)c1.[HH]. The number of carbonyl (C=O) groups excluding carboxylic acids is 1. The summed E-state index contributed by atoms with van der Waals surface area (Å²) >= 11 is 0. The number of carbonyl (C=O) groups is 1. The summed E-state index contributed by atoms with van der Waals surface area (Å²) in [7, 11) is 1.61. The summed E-state index contributed by atoms with van der Waals surface area (Å²) in [5.41, 5.74) is 2.10. The number of aromatic nitrogens is 2. The molecule has 1 aliphatic rings. The van der Waals surface area contributed by atoms with Crippen molar-refractivity contribution >= 4 is 5.91 Å². The second-order valence-electron chi connectivity index (χ2n) is 6.62. The van der Waals surface area contributed by atoms with Crippen LogP contribution in [-0.2, 0) is 0 Å². The Balaban J connectivity index is 0.000000717. The fourth-order valence-corrected chi connectivity index (χ4v) is 3.13. The second-order valence-corrected chi connectivity index (χ2v) is 6.62. The van der Waals surface area contributed by atoms with Crippen molar-refractivity contribution in [2.45, 2.75) is 52.0 Å². The van der Waals surface area contributed by atoms with Gasteiger partial charge in [0.1, 0.15) is 0 Å². The Morgan fingerprint density at radius 1 is 1.15 bits per heavy atom. The Morgan fingerprint density at radius 3 is 2.48 bits per heavy atom. The molecule has 5 heteroatoms. The van der Waals surface area contributed by atoms with Crippen molar-refractivity contribution in [3.05, 3.63) is 64.5 Å². The zero-order chi connectivity index (χ0) is 19.6. The predicted molar refractivity (Wildman–Crippen MR) is 112 cm³/mol. The molecule has 0 atom stereocenters. The summed E-state index contributed by atoms with van der Waals surface area (Å²) in [6, 6.07) is 10.8. The first kappa shape index (κ1) is 20.6. The van der Waals surface area contributed by atoms with E-state index in [1.165, 1.54) is 6.42 Å². The molecule has 1 heterocycles. The standard InChI is InChI=1S/C18H21N3O2.C4H8.H2/c1-19-18(23)14-7-5-6-13(12-14)16-10-11-17(22)21(20-16)15-8-3-2-4-9-15;1-3-4-2;/h5-7,10-12,15H,2-4,8-9H2,1H3,(H,19,23);3-4H,1-2H3;1H/b;4-3+;. The van der Waals surface area contributed by atoms with Crippen molar-refractivity contribution < 1.29 is 6.22 Å². The number of nitrogens with one attached hydrogen (secondary N) is 1. The minimum Gasteiger partial charge on any atom is -0.355 e. The predicted octanol–water partition coefficient (Wildman–Crippen LogP) is 4.60. The number of nitrogens with zero attached hydrogens (tertiary/aromatic N) is 2. The second kappa shape index (κ2) is 10.5. The molecule has 5 nitrogen and oxygen atoms in total. The highest BCUT2D eigenvalue weighted by molar-refractivity contribution is 5.95. The van der Waals surface area contributed by atoms with Crippen molar-refractivity contribution in [2.75, 3.05) is 7.05 Å². The fraction of sp³-hybridized carbons (Fsp3) is 0.409. The zero-order valence-electron chi connectivity index (χ0n) is 16.4. The summed E-state index contributed by atoms with van der Waals surface area (Å²) in [6.45, 7) is 4.00. The van der Waals surface area contributed by atoms with Crippen LogP contribution in [0, 0.1) is 0 Å². The quantitative estimate of drug-likeness (QED) is 0.804. The minimum absolute atomic E-state index is 0. The molecule has 146 valence electrons. The number of allylic oxidation sites excluding steroid dienone is 2. The summed E-state index contributed by atoms with van der Waals surface area (Å²) in [4.78, 5) is 23.9. The van der Waals surface area contributed by atoms with Crippen LogP contribution in [0.3, 0.4) is 0 Å². The van der Waals surface area contributed by atoms with Gasteiger partial charge in [-0.15, -0.1) is 0 Å². The van der Waals surface area contributed by atoms with Crippen molar-refractivity contribution in [1.29, 1.82) is 0 Å². The van der Waals surface area contributed by atoms with E-state index in [4.69, 9.17) is 0 Å². The molecule has 3 rings (SSSR count). The smallest absolute Gasteiger partial charge is 0.267 e. The van der Waals surface area contributed by atoms with E-state index in [9.17, 15) is 9.59 Å². The maximum absolute atomic E-state index is 12.2. The molecule has 1 fully saturated rings. The highest BCUT2D eigenvalue weighted by Gasteiger charge is 2.18. The van der Waals surface area contributed by atoms with E-state index in [1.54, 1.807) is 36.0 Å².